The van der Waals surface area contributed by atoms with Crippen molar-refractivity contribution in [2.45, 2.75) is 19.9 Å². The maximum atomic E-state index is 11.2. The lowest BCUT2D eigenvalue weighted by Crippen LogP contribution is -2.45. The van der Waals surface area contributed by atoms with Crippen LogP contribution in [-0.2, 0) is 9.53 Å². The lowest BCUT2D eigenvalue weighted by molar-refractivity contribution is -0.143. The Hall–Kier alpha value is -0.610. The molecule has 0 fully saturated rings. The Morgan fingerprint density at radius 2 is 2.15 bits per heavy atom. The third-order valence-corrected chi connectivity index (χ3v) is 1.97. The second kappa shape index (κ2) is 6.86. The largest absolute Gasteiger partial charge is 0.468 e. The molecule has 4 nitrogen and oxygen atoms in total. The second-order valence-corrected chi connectivity index (χ2v) is 2.99. The van der Waals surface area contributed by atoms with Crippen LogP contribution in [0.4, 0.5) is 0 Å². The number of methoxy groups -OCH3 is 1. The van der Waals surface area contributed by atoms with E-state index in [2.05, 4.69) is 21.9 Å². The molecule has 0 bridgehead atoms. The summed E-state index contributed by atoms with van der Waals surface area (Å²) < 4.78 is 4.68. The Morgan fingerprint density at radius 1 is 1.54 bits per heavy atom. The zero-order chi connectivity index (χ0) is 10.3. The zero-order valence-corrected chi connectivity index (χ0v) is 8.96. The fraction of sp³-hybridized carbons (Fsp3) is 0.889. The minimum atomic E-state index is -0.208. The molecule has 4 heteroatoms. The summed E-state index contributed by atoms with van der Waals surface area (Å²) in [6.07, 6.45) is 0. The Balaban J connectivity index is 4.00. The van der Waals surface area contributed by atoms with Crippen LogP contribution in [0, 0.1) is 0 Å². The first-order valence-electron chi connectivity index (χ1n) is 4.65. The van der Waals surface area contributed by atoms with Gasteiger partial charge in [-0.2, -0.15) is 0 Å². The quantitative estimate of drug-likeness (QED) is 0.600. The van der Waals surface area contributed by atoms with E-state index in [9.17, 15) is 4.79 Å². The van der Waals surface area contributed by atoms with Gasteiger partial charge in [0.2, 0.25) is 0 Å². The molecule has 0 saturated carbocycles. The van der Waals surface area contributed by atoms with E-state index in [0.29, 0.717) is 6.54 Å². The van der Waals surface area contributed by atoms with E-state index in [-0.39, 0.29) is 12.0 Å². The highest BCUT2D eigenvalue weighted by Crippen LogP contribution is 1.92. The van der Waals surface area contributed by atoms with Crippen molar-refractivity contribution in [3.8, 4) is 0 Å². The number of hydrogen-bond donors (Lipinski definition) is 1. The first-order chi connectivity index (χ1) is 6.15. The fourth-order valence-corrected chi connectivity index (χ4v) is 1.05. The first-order valence-corrected chi connectivity index (χ1v) is 4.65. The Bertz CT molecular complexity index is 151. The van der Waals surface area contributed by atoms with Gasteiger partial charge in [-0.1, -0.05) is 13.8 Å². The van der Waals surface area contributed by atoms with Gasteiger partial charge in [0.15, 0.2) is 0 Å². The highest BCUT2D eigenvalue weighted by atomic mass is 16.5. The zero-order valence-electron chi connectivity index (χ0n) is 8.96. The number of ether oxygens (including phenoxy) is 1. The monoisotopic (exact) mass is 188 g/mol. The molecule has 0 aliphatic rings. The highest BCUT2D eigenvalue weighted by molar-refractivity contribution is 5.75. The topological polar surface area (TPSA) is 41.6 Å². The van der Waals surface area contributed by atoms with E-state index < -0.39 is 0 Å². The van der Waals surface area contributed by atoms with Crippen molar-refractivity contribution in [1.82, 2.24) is 10.2 Å². The molecule has 0 heterocycles. The molecule has 0 amide bonds. The van der Waals surface area contributed by atoms with Gasteiger partial charge in [0, 0.05) is 6.54 Å². The van der Waals surface area contributed by atoms with Gasteiger partial charge in [-0.15, -0.1) is 0 Å². The molecule has 1 unspecified atom stereocenters. The molecule has 0 spiro atoms. The van der Waals surface area contributed by atoms with Gasteiger partial charge in [0.05, 0.1) is 7.11 Å². The molecular weight excluding hydrogens is 168 g/mol. The fourth-order valence-electron chi connectivity index (χ4n) is 1.05. The molecule has 0 aromatic rings. The lowest BCUT2D eigenvalue weighted by Gasteiger charge is -2.21. The third kappa shape index (κ3) is 4.85. The Labute approximate surface area is 80.2 Å². The molecule has 0 saturated heterocycles. The molecule has 0 aliphatic carbocycles. The third-order valence-electron chi connectivity index (χ3n) is 1.97. The number of carbonyl (C=O) groups excluding carboxylic acids is 1. The molecule has 13 heavy (non-hydrogen) atoms. The van der Waals surface area contributed by atoms with Crippen LogP contribution in [0.2, 0.25) is 0 Å². The van der Waals surface area contributed by atoms with Crippen LogP contribution in [0.3, 0.4) is 0 Å². The molecule has 78 valence electrons. The summed E-state index contributed by atoms with van der Waals surface area (Å²) in [7, 11) is 3.39. The van der Waals surface area contributed by atoms with Crippen LogP contribution in [0.5, 0.6) is 0 Å². The van der Waals surface area contributed by atoms with Gasteiger partial charge in [-0.3, -0.25) is 4.79 Å². The second-order valence-electron chi connectivity index (χ2n) is 2.99. The summed E-state index contributed by atoms with van der Waals surface area (Å²) in [6.45, 7) is 6.43. The summed E-state index contributed by atoms with van der Waals surface area (Å²) in [6, 6.07) is -0.208. The van der Waals surface area contributed by atoms with Crippen molar-refractivity contribution in [1.29, 1.82) is 0 Å². The van der Waals surface area contributed by atoms with E-state index in [0.717, 1.165) is 13.1 Å². The van der Waals surface area contributed by atoms with E-state index in [4.69, 9.17) is 0 Å². The summed E-state index contributed by atoms with van der Waals surface area (Å²) in [4.78, 5) is 13.3. The van der Waals surface area contributed by atoms with Crippen LogP contribution >= 0.6 is 0 Å². The maximum absolute atomic E-state index is 11.2. The van der Waals surface area contributed by atoms with Gasteiger partial charge in [0.25, 0.3) is 0 Å². The minimum Gasteiger partial charge on any atom is -0.468 e. The number of nitrogens with zero attached hydrogens (tertiary/aromatic N) is 1. The number of nitrogens with one attached hydrogen (secondary N) is 1. The Morgan fingerprint density at radius 3 is 2.54 bits per heavy atom. The SMILES string of the molecule is CCNC(CN(C)CC)C(=O)OC. The first kappa shape index (κ1) is 12.4. The van der Waals surface area contributed by atoms with Gasteiger partial charge >= 0.3 is 5.97 Å². The molecule has 0 aromatic heterocycles. The van der Waals surface area contributed by atoms with Gasteiger partial charge in [0.1, 0.15) is 6.04 Å². The standard InChI is InChI=1S/C9H20N2O2/c1-5-10-8(9(12)13-4)7-11(3)6-2/h8,10H,5-7H2,1-4H3. The molecule has 1 N–H and O–H groups in total. The molecule has 0 radical (unpaired) electrons. The van der Waals surface area contributed by atoms with Crippen molar-refractivity contribution >= 4 is 5.97 Å². The van der Waals surface area contributed by atoms with Crippen molar-refractivity contribution in [2.24, 2.45) is 0 Å². The molecule has 1 atom stereocenters. The van der Waals surface area contributed by atoms with E-state index in [1.807, 2.05) is 14.0 Å². The molecule has 0 aliphatic heterocycles. The van der Waals surface area contributed by atoms with Gasteiger partial charge in [-0.25, -0.2) is 0 Å². The predicted octanol–water partition coefficient (Wildman–Crippen LogP) is 0.0892. The van der Waals surface area contributed by atoms with Crippen LogP contribution in [-0.4, -0.2) is 50.7 Å². The Kier molecular flexibility index (Phi) is 6.54. The highest BCUT2D eigenvalue weighted by Gasteiger charge is 2.18. The number of likely N-dealkylation sites (N-methyl/N-ethyl adjacent to an activating group) is 2. The summed E-state index contributed by atoms with van der Waals surface area (Å²) in [5.74, 6) is -0.192. The van der Waals surface area contributed by atoms with E-state index >= 15 is 0 Å². The van der Waals surface area contributed by atoms with Crippen molar-refractivity contribution < 1.29 is 9.53 Å². The van der Waals surface area contributed by atoms with Crippen LogP contribution < -0.4 is 5.32 Å². The smallest absolute Gasteiger partial charge is 0.324 e. The number of hydrogen-bond acceptors (Lipinski definition) is 4. The van der Waals surface area contributed by atoms with E-state index in [1.165, 1.54) is 7.11 Å². The number of esters is 1. The normalized spacial score (nSPS) is 13.0. The van der Waals surface area contributed by atoms with Gasteiger partial charge in [-0.05, 0) is 20.1 Å². The van der Waals surface area contributed by atoms with Crippen molar-refractivity contribution in [3.05, 3.63) is 0 Å². The van der Waals surface area contributed by atoms with Gasteiger partial charge < -0.3 is 15.0 Å². The summed E-state index contributed by atoms with van der Waals surface area (Å²) in [5.41, 5.74) is 0. The molecule has 0 aromatic carbocycles. The lowest BCUT2D eigenvalue weighted by atomic mass is 10.2. The summed E-state index contributed by atoms with van der Waals surface area (Å²) >= 11 is 0. The molecular formula is C9H20N2O2. The van der Waals surface area contributed by atoms with Crippen LogP contribution in [0.15, 0.2) is 0 Å². The average Bonchev–Trinajstić information content (AvgIpc) is 2.15. The molecule has 0 rings (SSSR count). The predicted molar refractivity (Wildman–Crippen MR) is 52.7 cm³/mol. The average molecular weight is 188 g/mol. The summed E-state index contributed by atoms with van der Waals surface area (Å²) in [5, 5.41) is 3.08. The maximum Gasteiger partial charge on any atom is 0.324 e. The van der Waals surface area contributed by atoms with Crippen LogP contribution in [0.25, 0.3) is 0 Å². The van der Waals surface area contributed by atoms with Crippen molar-refractivity contribution in [3.63, 3.8) is 0 Å². The van der Waals surface area contributed by atoms with Crippen molar-refractivity contribution in [2.75, 3.05) is 33.8 Å². The van der Waals surface area contributed by atoms with Crippen LogP contribution in [0.1, 0.15) is 13.8 Å². The number of rotatable bonds is 6. The van der Waals surface area contributed by atoms with E-state index in [1.54, 1.807) is 0 Å². The minimum absolute atomic E-state index is 0.192. The number of carbonyl (C=O) groups is 1.